The van der Waals surface area contributed by atoms with Gasteiger partial charge in [-0.25, -0.2) is 0 Å². The Balaban J connectivity index is 0. The van der Waals surface area contributed by atoms with Gasteiger partial charge in [0.2, 0.25) is 0 Å². The molecule has 1 rings (SSSR count). The van der Waals surface area contributed by atoms with Crippen molar-refractivity contribution in [3.05, 3.63) is 35.7 Å². The van der Waals surface area contributed by atoms with Gasteiger partial charge in [-0.1, -0.05) is 27.7 Å². The maximum Gasteiger partial charge on any atom is 0.0498 e. The molecule has 1 heterocycles. The molecule has 80 valence electrons. The first-order valence-corrected chi connectivity index (χ1v) is 5.21. The highest BCUT2D eigenvalue weighted by Crippen LogP contribution is 2.08. The monoisotopic (exact) mass is 194 g/mol. The van der Waals surface area contributed by atoms with E-state index in [1.165, 1.54) is 11.1 Å². The van der Waals surface area contributed by atoms with Gasteiger partial charge in [-0.15, -0.1) is 0 Å². The zero-order valence-electron chi connectivity index (χ0n) is 10.2. The molecule has 1 aliphatic rings. The molecule has 0 saturated carbocycles. The van der Waals surface area contributed by atoms with Gasteiger partial charge in [0.1, 0.15) is 0 Å². The summed E-state index contributed by atoms with van der Waals surface area (Å²) in [5, 5.41) is 7.48. The first kappa shape index (κ1) is 15.3. The van der Waals surface area contributed by atoms with Gasteiger partial charge in [0, 0.05) is 12.4 Å². The Morgan fingerprint density at radius 1 is 0.714 bits per heavy atom. The van der Waals surface area contributed by atoms with Crippen LogP contribution < -0.4 is 0 Å². The van der Waals surface area contributed by atoms with Gasteiger partial charge < -0.3 is 0 Å². The number of azo groups is 1. The summed E-state index contributed by atoms with van der Waals surface area (Å²) in [6.45, 7) is 12.1. The molecule has 2 heteroatoms. The highest BCUT2D eigenvalue weighted by atomic mass is 15.1. The van der Waals surface area contributed by atoms with Crippen LogP contribution >= 0.6 is 0 Å². The largest absolute Gasteiger partial charge is 0.159 e. The molecule has 0 bridgehead atoms. The normalized spacial score (nSPS) is 25.3. The molecule has 0 aromatic heterocycles. The lowest BCUT2D eigenvalue weighted by atomic mass is 10.1. The minimum absolute atomic E-state index is 1.23. The van der Waals surface area contributed by atoms with Crippen LogP contribution in [0.3, 0.4) is 0 Å². The second kappa shape index (κ2) is 11.8. The number of hydrogen-bond donors (Lipinski definition) is 0. The summed E-state index contributed by atoms with van der Waals surface area (Å²) in [6.07, 6.45) is 7.29. The molecular weight excluding hydrogens is 172 g/mol. The van der Waals surface area contributed by atoms with Crippen molar-refractivity contribution < 1.29 is 0 Å². The second-order valence-electron chi connectivity index (χ2n) is 2.23. The van der Waals surface area contributed by atoms with E-state index in [1.54, 1.807) is 12.4 Å². The molecule has 0 radical (unpaired) electrons. The minimum Gasteiger partial charge on any atom is -0.159 e. The molecule has 0 amide bonds. The van der Waals surface area contributed by atoms with E-state index in [2.05, 4.69) is 24.1 Å². The Labute approximate surface area is 88.1 Å². The molecule has 2 nitrogen and oxygen atoms in total. The zero-order chi connectivity index (χ0) is 11.4. The first-order chi connectivity index (χ1) is 6.80. The van der Waals surface area contributed by atoms with E-state index >= 15 is 0 Å². The van der Waals surface area contributed by atoms with Crippen LogP contribution in [0.15, 0.2) is 45.9 Å². The van der Waals surface area contributed by atoms with Gasteiger partial charge >= 0.3 is 0 Å². The molecule has 0 aromatic carbocycles. The standard InChI is InChI=1S/C8H10N2.2C2H6/c1-7-3-5-9-10-6-4-8(7)2;2*1-2/h3-6H,1-2H3;2*1-2H3/b5-3-,6-4-,7-3?,8-4?,8-7+,9-5?,10-6?,10-9+;;. The maximum absolute atomic E-state index is 3.74. The molecule has 1 aliphatic heterocycles. The quantitative estimate of drug-likeness (QED) is 0.525. The van der Waals surface area contributed by atoms with Crippen molar-refractivity contribution in [3.8, 4) is 0 Å². The van der Waals surface area contributed by atoms with Crippen LogP contribution in [-0.4, -0.2) is 0 Å². The van der Waals surface area contributed by atoms with Crippen molar-refractivity contribution in [2.75, 3.05) is 0 Å². The van der Waals surface area contributed by atoms with E-state index in [1.807, 2.05) is 39.8 Å². The smallest absolute Gasteiger partial charge is 0.0498 e. The summed E-state index contributed by atoms with van der Waals surface area (Å²) in [5.41, 5.74) is 2.46. The van der Waals surface area contributed by atoms with E-state index in [0.29, 0.717) is 0 Å². The third kappa shape index (κ3) is 7.47. The Bertz CT molecular complexity index is 209. The summed E-state index contributed by atoms with van der Waals surface area (Å²) in [7, 11) is 0. The Morgan fingerprint density at radius 2 is 1.00 bits per heavy atom. The highest BCUT2D eigenvalue weighted by Gasteiger charge is 1.88. The second-order valence-corrected chi connectivity index (χ2v) is 2.23. The van der Waals surface area contributed by atoms with Crippen molar-refractivity contribution in [1.82, 2.24) is 0 Å². The van der Waals surface area contributed by atoms with E-state index < -0.39 is 0 Å². The van der Waals surface area contributed by atoms with Gasteiger partial charge in [0.25, 0.3) is 0 Å². The Kier molecular flexibility index (Phi) is 12.9. The molecule has 0 unspecified atom stereocenters. The van der Waals surface area contributed by atoms with E-state index in [-0.39, 0.29) is 0 Å². The summed E-state index contributed by atoms with van der Waals surface area (Å²) < 4.78 is 0. The fourth-order valence-corrected chi connectivity index (χ4v) is 0.630. The number of allylic oxidation sites excluding steroid dienone is 4. The molecule has 0 saturated heterocycles. The molecule has 0 aromatic rings. The SMILES string of the molecule is CC.CC.CC1=C(C)\C=C/N=N/C=C\1. The van der Waals surface area contributed by atoms with Crippen molar-refractivity contribution in [3.63, 3.8) is 0 Å². The van der Waals surface area contributed by atoms with Gasteiger partial charge in [0.05, 0.1) is 0 Å². The zero-order valence-corrected chi connectivity index (χ0v) is 10.2. The minimum atomic E-state index is 1.23. The van der Waals surface area contributed by atoms with Crippen molar-refractivity contribution in [2.24, 2.45) is 10.2 Å². The molecule has 0 aliphatic carbocycles. The molecule has 0 fully saturated rings. The van der Waals surface area contributed by atoms with Crippen molar-refractivity contribution in [1.29, 1.82) is 0 Å². The summed E-state index contributed by atoms with van der Waals surface area (Å²) >= 11 is 0. The van der Waals surface area contributed by atoms with Crippen molar-refractivity contribution >= 4 is 0 Å². The van der Waals surface area contributed by atoms with Crippen LogP contribution in [0.2, 0.25) is 0 Å². The topological polar surface area (TPSA) is 24.7 Å². The molecule has 0 atom stereocenters. The summed E-state index contributed by atoms with van der Waals surface area (Å²) in [6, 6.07) is 0. The summed E-state index contributed by atoms with van der Waals surface area (Å²) in [4.78, 5) is 0. The van der Waals surface area contributed by atoms with Crippen LogP contribution in [0, 0.1) is 0 Å². The van der Waals surface area contributed by atoms with Crippen LogP contribution in [0.5, 0.6) is 0 Å². The number of hydrogen-bond acceptors (Lipinski definition) is 2. The van der Waals surface area contributed by atoms with Crippen LogP contribution in [0.25, 0.3) is 0 Å². The van der Waals surface area contributed by atoms with Crippen LogP contribution in [0.1, 0.15) is 41.5 Å². The summed E-state index contributed by atoms with van der Waals surface area (Å²) in [5.74, 6) is 0. The lowest BCUT2D eigenvalue weighted by Gasteiger charge is -1.96. The third-order valence-corrected chi connectivity index (χ3v) is 1.47. The molecule has 14 heavy (non-hydrogen) atoms. The van der Waals surface area contributed by atoms with Gasteiger partial charge in [0.15, 0.2) is 0 Å². The average Bonchev–Trinajstić information content (AvgIpc) is 2.26. The lowest BCUT2D eigenvalue weighted by Crippen LogP contribution is -1.76. The fraction of sp³-hybridized carbons (Fsp3) is 0.500. The van der Waals surface area contributed by atoms with Crippen LogP contribution in [0.4, 0.5) is 0 Å². The molecular formula is C12H22N2. The predicted molar refractivity (Wildman–Crippen MR) is 64.2 cm³/mol. The lowest BCUT2D eigenvalue weighted by molar-refractivity contribution is 1.19. The maximum atomic E-state index is 3.74. The van der Waals surface area contributed by atoms with E-state index in [4.69, 9.17) is 0 Å². The van der Waals surface area contributed by atoms with Gasteiger partial charge in [-0.2, -0.15) is 10.2 Å². The van der Waals surface area contributed by atoms with Crippen LogP contribution in [-0.2, 0) is 0 Å². The Hall–Kier alpha value is -1.18. The fourth-order valence-electron chi connectivity index (χ4n) is 0.630. The third-order valence-electron chi connectivity index (χ3n) is 1.47. The van der Waals surface area contributed by atoms with E-state index in [0.717, 1.165) is 0 Å². The van der Waals surface area contributed by atoms with E-state index in [9.17, 15) is 0 Å². The van der Waals surface area contributed by atoms with Crippen molar-refractivity contribution in [2.45, 2.75) is 41.5 Å². The highest BCUT2D eigenvalue weighted by molar-refractivity contribution is 5.30. The predicted octanol–water partition coefficient (Wildman–Crippen LogP) is 4.87. The van der Waals surface area contributed by atoms with Gasteiger partial charge in [-0.05, 0) is 37.1 Å². The average molecular weight is 194 g/mol. The number of nitrogens with zero attached hydrogens (tertiary/aromatic N) is 2. The van der Waals surface area contributed by atoms with Gasteiger partial charge in [-0.3, -0.25) is 0 Å². The molecule has 0 spiro atoms. The first-order valence-electron chi connectivity index (χ1n) is 5.21. The molecule has 0 N–H and O–H groups in total. The number of rotatable bonds is 0. The Morgan fingerprint density at radius 3 is 1.29 bits per heavy atom.